The summed E-state index contributed by atoms with van der Waals surface area (Å²) in [6, 6.07) is 9.87. The Hall–Kier alpha value is -2.99. The van der Waals surface area contributed by atoms with Crippen molar-refractivity contribution in [2.45, 2.75) is 65.2 Å². The Bertz CT molecular complexity index is 1120. The molecule has 6 nitrogen and oxygen atoms in total. The lowest BCUT2D eigenvalue weighted by molar-refractivity contribution is -0.159. The largest absolute Gasteiger partial charge is 0.457 e. The molecule has 1 saturated heterocycles. The van der Waals surface area contributed by atoms with E-state index in [4.69, 9.17) is 4.74 Å². The highest BCUT2D eigenvalue weighted by atomic mass is 16.5. The van der Waals surface area contributed by atoms with E-state index in [0.717, 1.165) is 5.56 Å². The van der Waals surface area contributed by atoms with Gasteiger partial charge < -0.3 is 15.2 Å². The molecule has 2 aliphatic carbocycles. The molecule has 1 spiro atoms. The van der Waals surface area contributed by atoms with Gasteiger partial charge in [0.2, 0.25) is 5.91 Å². The van der Waals surface area contributed by atoms with Crippen molar-refractivity contribution in [1.82, 2.24) is 5.32 Å². The summed E-state index contributed by atoms with van der Waals surface area (Å²) >= 11 is 0. The number of allylic oxidation sites excluding steroid dienone is 4. The van der Waals surface area contributed by atoms with E-state index in [9.17, 15) is 19.5 Å². The van der Waals surface area contributed by atoms with Gasteiger partial charge in [-0.15, -0.1) is 0 Å². The number of hydrogen-bond acceptors (Lipinski definition) is 5. The van der Waals surface area contributed by atoms with Gasteiger partial charge >= 0.3 is 5.97 Å². The fourth-order valence-electron chi connectivity index (χ4n) is 6.50. The molecule has 4 rings (SSSR count). The summed E-state index contributed by atoms with van der Waals surface area (Å²) in [5.74, 6) is -1.91. The predicted molar refractivity (Wildman–Crippen MR) is 138 cm³/mol. The third kappa shape index (κ3) is 4.47. The normalized spacial score (nSPS) is 38.3. The molecule has 8 unspecified atom stereocenters. The van der Waals surface area contributed by atoms with Crippen LogP contribution in [0.1, 0.15) is 46.6 Å². The van der Waals surface area contributed by atoms with Gasteiger partial charge in [0, 0.05) is 30.7 Å². The van der Waals surface area contributed by atoms with Crippen LogP contribution in [0.5, 0.6) is 0 Å². The zero-order chi connectivity index (χ0) is 26.3. The molecule has 36 heavy (non-hydrogen) atoms. The molecule has 1 aromatic carbocycles. The number of amides is 1. The number of hydrogen-bond donors (Lipinski definition) is 2. The van der Waals surface area contributed by atoms with Gasteiger partial charge in [-0.3, -0.25) is 14.4 Å². The van der Waals surface area contributed by atoms with Crippen molar-refractivity contribution < 1.29 is 24.2 Å². The first kappa shape index (κ1) is 26.1. The summed E-state index contributed by atoms with van der Waals surface area (Å²) in [4.78, 5) is 39.4. The van der Waals surface area contributed by atoms with Gasteiger partial charge in [-0.05, 0) is 50.3 Å². The van der Waals surface area contributed by atoms with Crippen molar-refractivity contribution in [2.24, 2.45) is 29.1 Å². The SMILES string of the molecule is CC(=O)OC1C=CC(C)(O)C(=O)C(C)CC=CC2C=C(C)C(C)C3C(Cc4ccccc4)NC(=O)C213. The first-order valence-corrected chi connectivity index (χ1v) is 12.8. The number of rotatable bonds is 3. The van der Waals surface area contributed by atoms with Crippen LogP contribution in [0.15, 0.2) is 66.3 Å². The Balaban J connectivity index is 1.92. The minimum absolute atomic E-state index is 0.0416. The van der Waals surface area contributed by atoms with Crippen LogP contribution in [0.2, 0.25) is 0 Å². The maximum absolute atomic E-state index is 14.1. The molecule has 1 amide bonds. The van der Waals surface area contributed by atoms with Crippen molar-refractivity contribution in [3.8, 4) is 0 Å². The van der Waals surface area contributed by atoms with E-state index in [-0.39, 0.29) is 35.5 Å². The molecular weight excluding hydrogens is 454 g/mol. The van der Waals surface area contributed by atoms with Crippen LogP contribution in [0.25, 0.3) is 0 Å². The van der Waals surface area contributed by atoms with E-state index in [1.165, 1.54) is 25.5 Å². The molecule has 8 atom stereocenters. The lowest BCUT2D eigenvalue weighted by Gasteiger charge is -2.48. The molecule has 0 saturated carbocycles. The number of aliphatic hydroxyl groups is 1. The van der Waals surface area contributed by atoms with Gasteiger partial charge in [0.05, 0.1) is 0 Å². The lowest BCUT2D eigenvalue weighted by Crippen LogP contribution is -2.55. The monoisotopic (exact) mass is 491 g/mol. The van der Waals surface area contributed by atoms with Gasteiger partial charge in [-0.1, -0.05) is 68.0 Å². The number of benzene rings is 1. The number of nitrogens with one attached hydrogen (secondary N) is 1. The Morgan fingerprint density at radius 3 is 2.53 bits per heavy atom. The topological polar surface area (TPSA) is 92.7 Å². The summed E-state index contributed by atoms with van der Waals surface area (Å²) in [5.41, 5.74) is -0.576. The second kappa shape index (κ2) is 9.81. The molecule has 0 radical (unpaired) electrons. The summed E-state index contributed by atoms with van der Waals surface area (Å²) in [6.07, 6.45) is 9.12. The molecule has 0 aromatic heterocycles. The van der Waals surface area contributed by atoms with E-state index >= 15 is 0 Å². The third-order valence-electron chi connectivity index (χ3n) is 8.38. The maximum Gasteiger partial charge on any atom is 0.303 e. The van der Waals surface area contributed by atoms with Crippen LogP contribution < -0.4 is 5.32 Å². The molecular formula is C30H37NO5. The average molecular weight is 492 g/mol. The maximum atomic E-state index is 14.1. The Labute approximate surface area is 213 Å². The van der Waals surface area contributed by atoms with Crippen molar-refractivity contribution in [3.63, 3.8) is 0 Å². The highest BCUT2D eigenvalue weighted by molar-refractivity contribution is 5.91. The Morgan fingerprint density at radius 2 is 1.86 bits per heavy atom. The average Bonchev–Trinajstić information content (AvgIpc) is 3.11. The van der Waals surface area contributed by atoms with Crippen molar-refractivity contribution in [1.29, 1.82) is 0 Å². The molecule has 1 fully saturated rings. The standard InChI is InChI=1S/C30H37NO5/c1-18-10-9-13-23-16-19(2)20(3)26-24(17-22-11-7-6-8-12-22)31-28(34)30(23,26)25(36-21(4)32)14-15-29(5,35)27(18)33/h6-9,11-16,18,20,23-26,35H,10,17H2,1-5H3,(H,31,34). The second-order valence-electron chi connectivity index (χ2n) is 10.9. The summed E-state index contributed by atoms with van der Waals surface area (Å²) < 4.78 is 5.87. The molecule has 2 N–H and O–H groups in total. The quantitative estimate of drug-likeness (QED) is 0.494. The summed E-state index contributed by atoms with van der Waals surface area (Å²) in [5, 5.41) is 14.3. The Kier molecular flexibility index (Phi) is 7.11. The van der Waals surface area contributed by atoms with Crippen molar-refractivity contribution in [2.75, 3.05) is 0 Å². The van der Waals surface area contributed by atoms with Gasteiger partial charge in [-0.25, -0.2) is 0 Å². The van der Waals surface area contributed by atoms with Crippen LogP contribution in [0.3, 0.4) is 0 Å². The number of carbonyl (C=O) groups is 3. The summed E-state index contributed by atoms with van der Waals surface area (Å²) in [7, 11) is 0. The fourth-order valence-corrected chi connectivity index (χ4v) is 6.50. The number of Topliss-reactive ketones (excluding diaryl/α,β-unsaturated/α-hetero) is 1. The molecule has 3 aliphatic rings. The van der Waals surface area contributed by atoms with Gasteiger partial charge in [0.25, 0.3) is 0 Å². The molecule has 192 valence electrons. The number of carbonyl (C=O) groups excluding carboxylic acids is 3. The van der Waals surface area contributed by atoms with Crippen LogP contribution in [0, 0.1) is 29.1 Å². The predicted octanol–water partition coefficient (Wildman–Crippen LogP) is 3.95. The minimum Gasteiger partial charge on any atom is -0.457 e. The first-order valence-electron chi connectivity index (χ1n) is 12.8. The van der Waals surface area contributed by atoms with Crippen LogP contribution in [0.4, 0.5) is 0 Å². The van der Waals surface area contributed by atoms with E-state index in [1.807, 2.05) is 30.4 Å². The van der Waals surface area contributed by atoms with E-state index in [1.54, 1.807) is 13.0 Å². The van der Waals surface area contributed by atoms with Crippen LogP contribution in [-0.2, 0) is 25.5 Å². The lowest BCUT2D eigenvalue weighted by atomic mass is 9.54. The number of esters is 1. The second-order valence-corrected chi connectivity index (χ2v) is 10.9. The highest BCUT2D eigenvalue weighted by Gasteiger charge is 2.65. The van der Waals surface area contributed by atoms with Crippen LogP contribution in [-0.4, -0.2) is 40.5 Å². The fraction of sp³-hybridized carbons (Fsp3) is 0.500. The Morgan fingerprint density at radius 1 is 1.17 bits per heavy atom. The molecule has 1 aliphatic heterocycles. The molecule has 1 heterocycles. The van der Waals surface area contributed by atoms with Gasteiger partial charge in [0.15, 0.2) is 5.78 Å². The third-order valence-corrected chi connectivity index (χ3v) is 8.38. The number of ketones is 1. The smallest absolute Gasteiger partial charge is 0.303 e. The zero-order valence-electron chi connectivity index (χ0n) is 21.7. The van der Waals surface area contributed by atoms with E-state index < -0.39 is 29.0 Å². The zero-order valence-corrected chi connectivity index (χ0v) is 21.7. The molecule has 6 heteroatoms. The number of ether oxygens (including phenoxy) is 1. The van der Waals surface area contributed by atoms with Crippen LogP contribution >= 0.6 is 0 Å². The van der Waals surface area contributed by atoms with E-state index in [0.29, 0.717) is 12.8 Å². The van der Waals surface area contributed by atoms with Gasteiger partial charge in [0.1, 0.15) is 17.1 Å². The highest BCUT2D eigenvalue weighted by Crippen LogP contribution is 2.56. The minimum atomic E-state index is -1.75. The van der Waals surface area contributed by atoms with Crippen molar-refractivity contribution >= 4 is 17.7 Å². The summed E-state index contributed by atoms with van der Waals surface area (Å²) in [6.45, 7) is 8.77. The van der Waals surface area contributed by atoms with E-state index in [2.05, 4.69) is 37.4 Å². The van der Waals surface area contributed by atoms with Crippen molar-refractivity contribution in [3.05, 3.63) is 71.8 Å². The van der Waals surface area contributed by atoms with Gasteiger partial charge in [-0.2, -0.15) is 0 Å². The molecule has 1 aromatic rings. The molecule has 0 bridgehead atoms. The first-order chi connectivity index (χ1) is 17.0.